The highest BCUT2D eigenvalue weighted by Crippen LogP contribution is 2.24. The van der Waals surface area contributed by atoms with E-state index >= 15 is 0 Å². The number of carbonyl (C=O) groups is 1. The van der Waals surface area contributed by atoms with E-state index in [0.717, 1.165) is 22.3 Å². The van der Waals surface area contributed by atoms with Gasteiger partial charge in [0.25, 0.3) is 11.5 Å². The van der Waals surface area contributed by atoms with Gasteiger partial charge in [-0.3, -0.25) is 14.2 Å². The summed E-state index contributed by atoms with van der Waals surface area (Å²) < 4.78 is 3.44. The van der Waals surface area contributed by atoms with Crippen molar-refractivity contribution >= 4 is 27.8 Å². The Morgan fingerprint density at radius 2 is 1.56 bits per heavy atom. The number of aromatic nitrogens is 5. The van der Waals surface area contributed by atoms with Crippen LogP contribution in [0.4, 0.5) is 0 Å². The molecule has 6 aromatic rings. The maximum atomic E-state index is 14.3. The van der Waals surface area contributed by atoms with Gasteiger partial charge in [0.1, 0.15) is 11.3 Å². The molecule has 0 aliphatic carbocycles. The summed E-state index contributed by atoms with van der Waals surface area (Å²) in [5.41, 5.74) is 4.35. The van der Waals surface area contributed by atoms with Crippen LogP contribution in [-0.2, 0) is 6.54 Å². The summed E-state index contributed by atoms with van der Waals surface area (Å²) in [4.78, 5) is 37.0. The zero-order chi connectivity index (χ0) is 29.9. The lowest BCUT2D eigenvalue weighted by atomic mass is 10.1. The second-order valence-electron chi connectivity index (χ2n) is 10.9. The lowest BCUT2D eigenvalue weighted by Crippen LogP contribution is -2.41. The highest BCUT2D eigenvalue weighted by atomic mass is 16.2. The summed E-state index contributed by atoms with van der Waals surface area (Å²) in [6.45, 7) is 3.37. The van der Waals surface area contributed by atoms with Gasteiger partial charge in [-0.15, -0.1) is 5.10 Å². The van der Waals surface area contributed by atoms with Gasteiger partial charge in [-0.25, -0.2) is 9.67 Å². The predicted octanol–water partition coefficient (Wildman–Crippen LogP) is 4.94. The second-order valence-corrected chi connectivity index (χ2v) is 10.9. The van der Waals surface area contributed by atoms with Crippen molar-refractivity contribution in [2.75, 3.05) is 27.2 Å². The number of benzene rings is 4. The summed E-state index contributed by atoms with van der Waals surface area (Å²) >= 11 is 0. The van der Waals surface area contributed by atoms with E-state index in [2.05, 4.69) is 10.3 Å². The average molecular weight is 572 g/mol. The second kappa shape index (κ2) is 12.0. The van der Waals surface area contributed by atoms with E-state index in [9.17, 15) is 9.59 Å². The molecule has 4 aromatic carbocycles. The summed E-state index contributed by atoms with van der Waals surface area (Å²) in [6.07, 6.45) is 0. The SMILES string of the molecule is CC(c1nc2ccccc2c(=O)n1Cc1ccccc1)N(CCN(C)C)C(=O)c1cccc(-n2nnc3ccccc32)c1. The molecule has 0 saturated carbocycles. The molecule has 43 heavy (non-hydrogen) atoms. The third kappa shape index (κ3) is 5.67. The van der Waals surface area contributed by atoms with Crippen LogP contribution in [0.1, 0.15) is 34.7 Å². The molecule has 1 amide bonds. The molecule has 9 heteroatoms. The molecule has 0 bridgehead atoms. The fourth-order valence-corrected chi connectivity index (χ4v) is 5.34. The van der Waals surface area contributed by atoms with Crippen LogP contribution >= 0.6 is 0 Å². The highest BCUT2D eigenvalue weighted by molar-refractivity contribution is 5.95. The maximum Gasteiger partial charge on any atom is 0.261 e. The summed E-state index contributed by atoms with van der Waals surface area (Å²) in [7, 11) is 3.95. The molecule has 2 aromatic heterocycles. The van der Waals surface area contributed by atoms with Crippen molar-refractivity contribution in [2.45, 2.75) is 19.5 Å². The van der Waals surface area contributed by atoms with Gasteiger partial charge in [-0.1, -0.05) is 65.9 Å². The van der Waals surface area contributed by atoms with Crippen LogP contribution in [0.25, 0.3) is 27.6 Å². The molecule has 0 aliphatic rings. The molecule has 0 radical (unpaired) electrons. The quantitative estimate of drug-likeness (QED) is 0.244. The number of carbonyl (C=O) groups excluding carboxylic acids is 1. The molecule has 0 saturated heterocycles. The van der Waals surface area contributed by atoms with Crippen molar-refractivity contribution in [3.05, 3.63) is 130 Å². The minimum absolute atomic E-state index is 0.128. The molecule has 0 spiro atoms. The number of likely N-dealkylation sites (N-methyl/N-ethyl adjacent to an activating group) is 1. The first kappa shape index (κ1) is 28.0. The van der Waals surface area contributed by atoms with Crippen molar-refractivity contribution in [2.24, 2.45) is 0 Å². The Kier molecular flexibility index (Phi) is 7.81. The third-order valence-electron chi connectivity index (χ3n) is 7.65. The zero-order valence-corrected chi connectivity index (χ0v) is 24.5. The van der Waals surface area contributed by atoms with Crippen molar-refractivity contribution in [3.8, 4) is 5.69 Å². The van der Waals surface area contributed by atoms with Crippen molar-refractivity contribution in [1.82, 2.24) is 34.3 Å². The standard InChI is InChI=1S/C34H33N7O2/c1-24(32-35-29-17-8-7-16-28(29)34(43)40(32)23-25-12-5-4-6-13-25)39(21-20-38(2)3)33(42)26-14-11-15-27(22-26)41-31-19-10-9-18-30(31)36-37-41/h4-19,22,24H,20-21,23H2,1-3H3. The van der Waals surface area contributed by atoms with Crippen molar-refractivity contribution < 1.29 is 4.79 Å². The topological polar surface area (TPSA) is 89.2 Å². The molecule has 1 atom stereocenters. The largest absolute Gasteiger partial charge is 0.327 e. The van der Waals surface area contributed by atoms with Gasteiger partial charge >= 0.3 is 0 Å². The van der Waals surface area contributed by atoms with Gasteiger partial charge in [0.05, 0.1) is 34.7 Å². The number of para-hydroxylation sites is 2. The molecular formula is C34H33N7O2. The van der Waals surface area contributed by atoms with Crippen LogP contribution in [0.3, 0.4) is 0 Å². The Balaban J connectivity index is 1.43. The van der Waals surface area contributed by atoms with Gasteiger partial charge in [-0.05, 0) is 69.0 Å². The molecule has 1 unspecified atom stereocenters. The summed E-state index contributed by atoms with van der Waals surface area (Å²) in [5.74, 6) is 0.382. The zero-order valence-electron chi connectivity index (χ0n) is 24.5. The fraction of sp³-hybridized carbons (Fsp3) is 0.206. The monoisotopic (exact) mass is 571 g/mol. The minimum Gasteiger partial charge on any atom is -0.327 e. The lowest BCUT2D eigenvalue weighted by molar-refractivity contribution is 0.0665. The van der Waals surface area contributed by atoms with E-state index in [4.69, 9.17) is 4.98 Å². The first-order valence-electron chi connectivity index (χ1n) is 14.3. The number of hydrogen-bond donors (Lipinski definition) is 0. The van der Waals surface area contributed by atoms with E-state index in [1.54, 1.807) is 20.2 Å². The lowest BCUT2D eigenvalue weighted by Gasteiger charge is -2.31. The Morgan fingerprint density at radius 1 is 0.837 bits per heavy atom. The van der Waals surface area contributed by atoms with Crippen LogP contribution in [-0.4, -0.2) is 67.4 Å². The predicted molar refractivity (Wildman–Crippen MR) is 168 cm³/mol. The normalized spacial score (nSPS) is 12.2. The van der Waals surface area contributed by atoms with Crippen LogP contribution in [0, 0.1) is 0 Å². The number of fused-ring (bicyclic) bond motifs is 2. The van der Waals surface area contributed by atoms with Crippen molar-refractivity contribution in [3.63, 3.8) is 0 Å². The number of rotatable bonds is 9. The smallest absolute Gasteiger partial charge is 0.261 e. The third-order valence-corrected chi connectivity index (χ3v) is 7.65. The number of hydrogen-bond acceptors (Lipinski definition) is 6. The fourth-order valence-electron chi connectivity index (χ4n) is 5.34. The van der Waals surface area contributed by atoms with E-state index in [1.165, 1.54) is 0 Å². The Labute approximate surface area is 249 Å². The minimum atomic E-state index is -0.496. The first-order chi connectivity index (χ1) is 20.9. The number of nitrogens with zero attached hydrogens (tertiary/aromatic N) is 7. The average Bonchev–Trinajstić information content (AvgIpc) is 3.47. The van der Waals surface area contributed by atoms with Gasteiger partial charge in [0, 0.05) is 18.7 Å². The molecule has 216 valence electrons. The van der Waals surface area contributed by atoms with Gasteiger partial charge in [0.15, 0.2) is 0 Å². The van der Waals surface area contributed by atoms with Crippen LogP contribution < -0.4 is 5.56 Å². The van der Waals surface area contributed by atoms with E-state index in [-0.39, 0.29) is 11.5 Å². The Hall–Kier alpha value is -5.15. The molecule has 2 heterocycles. The van der Waals surface area contributed by atoms with Crippen LogP contribution in [0.15, 0.2) is 108 Å². The van der Waals surface area contributed by atoms with Gasteiger partial charge < -0.3 is 9.80 Å². The molecule has 0 aliphatic heterocycles. The molecular weight excluding hydrogens is 538 g/mol. The Morgan fingerprint density at radius 3 is 2.35 bits per heavy atom. The maximum absolute atomic E-state index is 14.3. The summed E-state index contributed by atoms with van der Waals surface area (Å²) in [5, 5.41) is 9.15. The van der Waals surface area contributed by atoms with Crippen molar-refractivity contribution in [1.29, 1.82) is 0 Å². The summed E-state index contributed by atoms with van der Waals surface area (Å²) in [6, 6.07) is 31.8. The first-order valence-corrected chi connectivity index (χ1v) is 14.3. The van der Waals surface area contributed by atoms with Gasteiger partial charge in [-0.2, -0.15) is 0 Å². The molecule has 9 nitrogen and oxygen atoms in total. The molecule has 0 N–H and O–H groups in total. The van der Waals surface area contributed by atoms with E-state index in [1.807, 2.05) is 123 Å². The number of amides is 1. The highest BCUT2D eigenvalue weighted by Gasteiger charge is 2.27. The van der Waals surface area contributed by atoms with Crippen LogP contribution in [0.5, 0.6) is 0 Å². The van der Waals surface area contributed by atoms with Gasteiger partial charge in [0.2, 0.25) is 0 Å². The Bertz CT molecular complexity index is 1960. The van der Waals surface area contributed by atoms with Crippen LogP contribution in [0.2, 0.25) is 0 Å². The molecule has 6 rings (SSSR count). The van der Waals surface area contributed by atoms with E-state index < -0.39 is 6.04 Å². The molecule has 0 fully saturated rings. The van der Waals surface area contributed by atoms with E-state index in [0.29, 0.717) is 41.9 Å².